The zero-order chi connectivity index (χ0) is 11.3. The van der Waals surface area contributed by atoms with E-state index in [1.807, 2.05) is 11.8 Å². The number of carbonyl (C=O) groups is 1. The second-order valence-electron chi connectivity index (χ2n) is 3.56. The maximum absolute atomic E-state index is 11.9. The van der Waals surface area contributed by atoms with E-state index in [4.69, 9.17) is 4.74 Å². The number of rotatable bonds is 4. The van der Waals surface area contributed by atoms with Crippen LogP contribution in [0.15, 0.2) is 11.1 Å². The molecule has 15 heavy (non-hydrogen) atoms. The first-order chi connectivity index (χ1) is 7.11. The van der Waals surface area contributed by atoms with Gasteiger partial charge in [0.2, 0.25) is 5.91 Å². The lowest BCUT2D eigenvalue weighted by Gasteiger charge is -2.29. The average Bonchev–Trinajstić information content (AvgIpc) is 2.26. The first-order valence-electron chi connectivity index (χ1n) is 5.04. The van der Waals surface area contributed by atoms with Crippen molar-refractivity contribution in [3.05, 3.63) is 11.1 Å². The number of amides is 1. The Balaban J connectivity index is 2.33. The Hall–Kier alpha value is -0.390. The van der Waals surface area contributed by atoms with E-state index in [1.165, 1.54) is 0 Å². The SMILES string of the molecule is C=C(Br)CNC(C)C(=O)N1CCOCC1. The molecule has 0 spiro atoms. The van der Waals surface area contributed by atoms with Crippen molar-refractivity contribution in [1.29, 1.82) is 0 Å². The third kappa shape index (κ3) is 4.32. The molecule has 1 heterocycles. The third-order valence-electron chi connectivity index (χ3n) is 2.29. The predicted octanol–water partition coefficient (Wildman–Crippen LogP) is 0.732. The van der Waals surface area contributed by atoms with E-state index in [9.17, 15) is 4.79 Å². The summed E-state index contributed by atoms with van der Waals surface area (Å²) in [4.78, 5) is 13.7. The Morgan fingerprint density at radius 3 is 2.73 bits per heavy atom. The topological polar surface area (TPSA) is 41.6 Å². The van der Waals surface area contributed by atoms with Crippen molar-refractivity contribution < 1.29 is 9.53 Å². The van der Waals surface area contributed by atoms with E-state index < -0.39 is 0 Å². The van der Waals surface area contributed by atoms with Crippen LogP contribution in [-0.4, -0.2) is 49.7 Å². The van der Waals surface area contributed by atoms with Crippen molar-refractivity contribution in [2.24, 2.45) is 0 Å². The number of nitrogens with one attached hydrogen (secondary N) is 1. The maximum Gasteiger partial charge on any atom is 0.239 e. The van der Waals surface area contributed by atoms with Crippen molar-refractivity contribution in [3.8, 4) is 0 Å². The molecule has 1 aliphatic heterocycles. The van der Waals surface area contributed by atoms with Crippen LogP contribution in [0.25, 0.3) is 0 Å². The summed E-state index contributed by atoms with van der Waals surface area (Å²) in [6.07, 6.45) is 0. The molecule has 1 N–H and O–H groups in total. The third-order valence-corrected chi connectivity index (χ3v) is 2.57. The van der Waals surface area contributed by atoms with E-state index in [-0.39, 0.29) is 11.9 Å². The monoisotopic (exact) mass is 276 g/mol. The molecule has 1 amide bonds. The van der Waals surface area contributed by atoms with E-state index in [0.717, 1.165) is 4.48 Å². The molecular formula is C10H17BrN2O2. The van der Waals surface area contributed by atoms with Gasteiger partial charge >= 0.3 is 0 Å². The Bertz CT molecular complexity index is 240. The smallest absolute Gasteiger partial charge is 0.239 e. The molecule has 1 rings (SSSR count). The summed E-state index contributed by atoms with van der Waals surface area (Å²) >= 11 is 3.25. The summed E-state index contributed by atoms with van der Waals surface area (Å²) in [5.41, 5.74) is 0. The fourth-order valence-electron chi connectivity index (χ4n) is 1.41. The lowest BCUT2D eigenvalue weighted by Crippen LogP contribution is -2.49. The van der Waals surface area contributed by atoms with Crippen LogP contribution in [0, 0.1) is 0 Å². The predicted molar refractivity (Wildman–Crippen MR) is 62.9 cm³/mol. The van der Waals surface area contributed by atoms with Gasteiger partial charge < -0.3 is 15.0 Å². The Morgan fingerprint density at radius 1 is 1.60 bits per heavy atom. The second-order valence-corrected chi connectivity index (χ2v) is 4.68. The van der Waals surface area contributed by atoms with Gasteiger partial charge in [-0.1, -0.05) is 22.5 Å². The minimum absolute atomic E-state index is 0.132. The number of hydrogen-bond acceptors (Lipinski definition) is 3. The fourth-order valence-corrected chi connectivity index (χ4v) is 1.57. The standard InChI is InChI=1S/C10H17BrN2O2/c1-8(11)7-12-9(2)10(14)13-3-5-15-6-4-13/h9,12H,1,3-7H2,2H3. The molecule has 0 aromatic rings. The number of morpholine rings is 1. The van der Waals surface area contributed by atoms with Gasteiger partial charge in [-0.3, -0.25) is 4.79 Å². The van der Waals surface area contributed by atoms with E-state index in [0.29, 0.717) is 32.8 Å². The Morgan fingerprint density at radius 2 is 2.20 bits per heavy atom. The van der Waals surface area contributed by atoms with Crippen molar-refractivity contribution in [1.82, 2.24) is 10.2 Å². The summed E-state index contributed by atoms with van der Waals surface area (Å²) in [5, 5.41) is 3.10. The molecule has 1 fully saturated rings. The maximum atomic E-state index is 11.9. The van der Waals surface area contributed by atoms with E-state index >= 15 is 0 Å². The molecule has 1 saturated heterocycles. The summed E-state index contributed by atoms with van der Waals surface area (Å²) in [7, 11) is 0. The van der Waals surface area contributed by atoms with Gasteiger partial charge in [-0.05, 0) is 6.92 Å². The highest BCUT2D eigenvalue weighted by atomic mass is 79.9. The first kappa shape index (κ1) is 12.7. The Labute approximate surface area is 98.8 Å². The van der Waals surface area contributed by atoms with Crippen LogP contribution in [0.4, 0.5) is 0 Å². The molecule has 0 radical (unpaired) electrons. The normalized spacial score (nSPS) is 18.7. The molecule has 4 nitrogen and oxygen atoms in total. The molecule has 0 saturated carbocycles. The van der Waals surface area contributed by atoms with Gasteiger partial charge in [-0.25, -0.2) is 0 Å². The molecule has 5 heteroatoms. The van der Waals surface area contributed by atoms with Crippen LogP contribution in [0.5, 0.6) is 0 Å². The van der Waals surface area contributed by atoms with Crippen LogP contribution < -0.4 is 5.32 Å². The Kier molecular flexibility index (Phi) is 5.28. The summed E-state index contributed by atoms with van der Waals surface area (Å²) in [6.45, 7) is 8.86. The zero-order valence-electron chi connectivity index (χ0n) is 8.96. The van der Waals surface area contributed by atoms with Crippen molar-refractivity contribution in [3.63, 3.8) is 0 Å². The van der Waals surface area contributed by atoms with E-state index in [1.54, 1.807) is 0 Å². The molecular weight excluding hydrogens is 260 g/mol. The molecule has 0 aromatic heterocycles. The molecule has 86 valence electrons. The minimum atomic E-state index is -0.169. The largest absolute Gasteiger partial charge is 0.378 e. The van der Waals surface area contributed by atoms with Crippen LogP contribution >= 0.6 is 15.9 Å². The average molecular weight is 277 g/mol. The second kappa shape index (κ2) is 6.25. The van der Waals surface area contributed by atoms with Gasteiger partial charge in [-0.2, -0.15) is 0 Å². The lowest BCUT2D eigenvalue weighted by molar-refractivity contribution is -0.137. The zero-order valence-corrected chi connectivity index (χ0v) is 10.5. The van der Waals surface area contributed by atoms with Crippen LogP contribution in [0.1, 0.15) is 6.92 Å². The van der Waals surface area contributed by atoms with Crippen molar-refractivity contribution in [2.45, 2.75) is 13.0 Å². The van der Waals surface area contributed by atoms with Gasteiger partial charge in [-0.15, -0.1) is 0 Å². The number of halogens is 1. The van der Waals surface area contributed by atoms with Gasteiger partial charge in [0.05, 0.1) is 19.3 Å². The molecule has 1 aliphatic rings. The van der Waals surface area contributed by atoms with E-state index in [2.05, 4.69) is 27.8 Å². The molecule has 1 atom stereocenters. The number of nitrogens with zero attached hydrogens (tertiary/aromatic N) is 1. The first-order valence-corrected chi connectivity index (χ1v) is 5.83. The summed E-state index contributed by atoms with van der Waals surface area (Å²) in [5.74, 6) is 0.132. The fraction of sp³-hybridized carbons (Fsp3) is 0.700. The highest BCUT2D eigenvalue weighted by Gasteiger charge is 2.21. The number of ether oxygens (including phenoxy) is 1. The van der Waals surface area contributed by atoms with Gasteiger partial charge in [0.1, 0.15) is 0 Å². The summed E-state index contributed by atoms with van der Waals surface area (Å²) in [6, 6.07) is -0.169. The number of carbonyl (C=O) groups excluding carboxylic acids is 1. The lowest BCUT2D eigenvalue weighted by atomic mass is 10.2. The molecule has 0 aromatic carbocycles. The highest BCUT2D eigenvalue weighted by molar-refractivity contribution is 9.11. The summed E-state index contributed by atoms with van der Waals surface area (Å²) < 4.78 is 6.04. The van der Waals surface area contributed by atoms with Crippen molar-refractivity contribution in [2.75, 3.05) is 32.8 Å². The highest BCUT2D eigenvalue weighted by Crippen LogP contribution is 2.02. The van der Waals surface area contributed by atoms with Gasteiger partial charge in [0.15, 0.2) is 0 Å². The molecule has 0 bridgehead atoms. The number of hydrogen-bond donors (Lipinski definition) is 1. The quantitative estimate of drug-likeness (QED) is 0.823. The minimum Gasteiger partial charge on any atom is -0.378 e. The van der Waals surface area contributed by atoms with Crippen LogP contribution in [-0.2, 0) is 9.53 Å². The van der Waals surface area contributed by atoms with Crippen LogP contribution in [0.3, 0.4) is 0 Å². The van der Waals surface area contributed by atoms with Gasteiger partial charge in [0.25, 0.3) is 0 Å². The van der Waals surface area contributed by atoms with Crippen LogP contribution in [0.2, 0.25) is 0 Å². The van der Waals surface area contributed by atoms with Crippen molar-refractivity contribution >= 4 is 21.8 Å². The van der Waals surface area contributed by atoms with Gasteiger partial charge in [0, 0.05) is 24.1 Å². The molecule has 1 unspecified atom stereocenters. The molecule has 0 aliphatic carbocycles.